The lowest BCUT2D eigenvalue weighted by Crippen LogP contribution is -2.35. The summed E-state index contributed by atoms with van der Waals surface area (Å²) in [7, 11) is 1.20. The van der Waals surface area contributed by atoms with E-state index in [4.69, 9.17) is 21.6 Å². The summed E-state index contributed by atoms with van der Waals surface area (Å²) in [5, 5.41) is 9.43. The van der Waals surface area contributed by atoms with Crippen molar-refractivity contribution in [3.63, 3.8) is 0 Å². The summed E-state index contributed by atoms with van der Waals surface area (Å²) in [4.78, 5) is 38.2. The van der Waals surface area contributed by atoms with Crippen molar-refractivity contribution >= 4 is 35.1 Å². The molecule has 0 heterocycles. The van der Waals surface area contributed by atoms with Crippen molar-refractivity contribution in [1.29, 1.82) is 5.26 Å². The van der Waals surface area contributed by atoms with Gasteiger partial charge in [0.2, 0.25) is 0 Å². The lowest BCUT2D eigenvalue weighted by atomic mass is 10.1. The number of halogens is 1. The van der Waals surface area contributed by atoms with Gasteiger partial charge in [0, 0.05) is 17.3 Å². The molecule has 7 nitrogen and oxygen atoms in total. The highest BCUT2D eigenvalue weighted by atomic mass is 35.5. The third-order valence-corrected chi connectivity index (χ3v) is 4.50. The minimum absolute atomic E-state index is 0.00179. The number of rotatable bonds is 7. The van der Waals surface area contributed by atoms with Crippen LogP contribution < -0.4 is 4.90 Å². The van der Waals surface area contributed by atoms with Gasteiger partial charge in [-0.05, 0) is 42.8 Å². The molecule has 0 N–H and O–H groups in total. The summed E-state index contributed by atoms with van der Waals surface area (Å²) in [5.41, 5.74) is 1.35. The molecule has 0 aliphatic carbocycles. The third kappa shape index (κ3) is 5.56. The van der Waals surface area contributed by atoms with Crippen LogP contribution in [0, 0.1) is 18.3 Å². The zero-order valence-electron chi connectivity index (χ0n) is 16.0. The van der Waals surface area contributed by atoms with Crippen LogP contribution in [0.4, 0.5) is 5.69 Å². The average Bonchev–Trinajstić information content (AvgIpc) is 2.74. The minimum Gasteiger partial charge on any atom is -0.465 e. The molecular weight excluding hydrogens is 396 g/mol. The van der Waals surface area contributed by atoms with E-state index in [1.165, 1.54) is 24.1 Å². The van der Waals surface area contributed by atoms with Crippen LogP contribution in [0.1, 0.15) is 32.7 Å². The van der Waals surface area contributed by atoms with E-state index < -0.39 is 24.5 Å². The zero-order valence-corrected chi connectivity index (χ0v) is 16.7. The van der Waals surface area contributed by atoms with E-state index in [-0.39, 0.29) is 24.1 Å². The predicted octanol–water partition coefficient (Wildman–Crippen LogP) is 3.54. The smallest absolute Gasteiger partial charge is 0.339 e. The first-order chi connectivity index (χ1) is 13.9. The third-order valence-electron chi connectivity index (χ3n) is 4.08. The van der Waals surface area contributed by atoms with E-state index in [0.29, 0.717) is 10.7 Å². The summed E-state index contributed by atoms with van der Waals surface area (Å²) in [5.74, 6) is -2.02. The zero-order chi connectivity index (χ0) is 21.4. The maximum absolute atomic E-state index is 12.7. The molecule has 29 heavy (non-hydrogen) atoms. The number of carbonyl (C=O) groups excluding carboxylic acids is 3. The van der Waals surface area contributed by atoms with E-state index in [0.717, 1.165) is 5.56 Å². The molecule has 0 aromatic heterocycles. The van der Waals surface area contributed by atoms with Crippen LogP contribution in [-0.4, -0.2) is 38.1 Å². The molecular formula is C21H19ClN2O5. The number of esters is 2. The number of methoxy groups -OCH3 is 1. The number of nitriles is 1. The highest BCUT2D eigenvalue weighted by molar-refractivity contribution is 6.31. The van der Waals surface area contributed by atoms with Crippen molar-refractivity contribution in [3.05, 3.63) is 64.2 Å². The molecule has 0 radical (unpaired) electrons. The molecule has 8 heteroatoms. The quantitative estimate of drug-likeness (QED) is 0.643. The standard InChI is InChI=1S/C21H19ClN2O5/c1-14-12-15(8-9-18(14)22)24(11-5-10-23)19(25)13-29-21(27)17-7-4-3-6-16(17)20(26)28-2/h3-4,6-9,12H,5,11,13H2,1-2H3. The van der Waals surface area contributed by atoms with Crippen LogP contribution in [0.3, 0.4) is 0 Å². The first-order valence-electron chi connectivity index (χ1n) is 8.67. The maximum atomic E-state index is 12.7. The molecule has 2 rings (SSSR count). The van der Waals surface area contributed by atoms with Gasteiger partial charge in [0.1, 0.15) is 0 Å². The molecule has 2 aromatic rings. The van der Waals surface area contributed by atoms with Gasteiger partial charge in [-0.15, -0.1) is 0 Å². The summed E-state index contributed by atoms with van der Waals surface area (Å²) in [6, 6.07) is 13.0. The second-order valence-electron chi connectivity index (χ2n) is 6.00. The summed E-state index contributed by atoms with van der Waals surface area (Å²) in [6.45, 7) is 1.37. The number of anilines is 1. The van der Waals surface area contributed by atoms with E-state index in [1.807, 2.05) is 6.07 Å². The van der Waals surface area contributed by atoms with Gasteiger partial charge in [-0.2, -0.15) is 5.26 Å². The SMILES string of the molecule is COC(=O)c1ccccc1C(=O)OCC(=O)N(CCC#N)c1ccc(Cl)c(C)c1. The van der Waals surface area contributed by atoms with E-state index >= 15 is 0 Å². The molecule has 0 unspecified atom stereocenters. The number of amides is 1. The number of ether oxygens (including phenoxy) is 2. The maximum Gasteiger partial charge on any atom is 0.339 e. The number of aryl methyl sites for hydroxylation is 1. The number of nitrogens with zero attached hydrogens (tertiary/aromatic N) is 2. The number of carbonyl (C=O) groups is 3. The number of benzene rings is 2. The Balaban J connectivity index is 2.16. The molecule has 0 fully saturated rings. The number of hydrogen-bond donors (Lipinski definition) is 0. The molecule has 0 atom stereocenters. The van der Waals surface area contributed by atoms with E-state index in [2.05, 4.69) is 4.74 Å². The van der Waals surface area contributed by atoms with Gasteiger partial charge in [-0.3, -0.25) is 4.79 Å². The lowest BCUT2D eigenvalue weighted by molar-refractivity contribution is -0.121. The number of hydrogen-bond acceptors (Lipinski definition) is 6. The lowest BCUT2D eigenvalue weighted by Gasteiger charge is -2.22. The fourth-order valence-electron chi connectivity index (χ4n) is 2.59. The Kier molecular flexibility index (Phi) is 7.75. The Morgan fingerprint density at radius 2 is 1.76 bits per heavy atom. The van der Waals surface area contributed by atoms with Crippen LogP contribution >= 0.6 is 11.6 Å². The topological polar surface area (TPSA) is 96.7 Å². The molecule has 1 amide bonds. The van der Waals surface area contributed by atoms with Crippen LogP contribution in [0.15, 0.2) is 42.5 Å². The van der Waals surface area contributed by atoms with Crippen molar-refractivity contribution in [3.8, 4) is 6.07 Å². The second kappa shape index (κ2) is 10.2. The Morgan fingerprint density at radius 3 is 2.34 bits per heavy atom. The van der Waals surface area contributed by atoms with Gasteiger partial charge in [0.25, 0.3) is 5.91 Å². The van der Waals surface area contributed by atoms with Crippen molar-refractivity contribution in [2.24, 2.45) is 0 Å². The highest BCUT2D eigenvalue weighted by Crippen LogP contribution is 2.23. The van der Waals surface area contributed by atoms with Gasteiger partial charge < -0.3 is 14.4 Å². The minimum atomic E-state index is -0.827. The van der Waals surface area contributed by atoms with Crippen molar-refractivity contribution in [2.45, 2.75) is 13.3 Å². The van der Waals surface area contributed by atoms with Crippen LogP contribution in [0.5, 0.6) is 0 Å². The average molecular weight is 415 g/mol. The van der Waals surface area contributed by atoms with Crippen LogP contribution in [-0.2, 0) is 14.3 Å². The molecule has 0 aliphatic heterocycles. The van der Waals surface area contributed by atoms with Gasteiger partial charge in [0.15, 0.2) is 6.61 Å². The monoisotopic (exact) mass is 414 g/mol. The molecule has 2 aromatic carbocycles. The summed E-state index contributed by atoms with van der Waals surface area (Å²) in [6.07, 6.45) is 0.104. The molecule has 150 valence electrons. The first-order valence-corrected chi connectivity index (χ1v) is 9.04. The Bertz CT molecular complexity index is 968. The van der Waals surface area contributed by atoms with E-state index in [9.17, 15) is 14.4 Å². The largest absolute Gasteiger partial charge is 0.465 e. The Labute approximate surface area is 173 Å². The molecule has 0 spiro atoms. The highest BCUT2D eigenvalue weighted by Gasteiger charge is 2.22. The van der Waals surface area contributed by atoms with Crippen LogP contribution in [0.2, 0.25) is 5.02 Å². The van der Waals surface area contributed by atoms with Crippen LogP contribution in [0.25, 0.3) is 0 Å². The van der Waals surface area contributed by atoms with E-state index in [1.54, 1.807) is 37.3 Å². The fraction of sp³-hybridized carbons (Fsp3) is 0.238. The Hall–Kier alpha value is -3.37. The van der Waals surface area contributed by atoms with Crippen molar-refractivity contribution < 1.29 is 23.9 Å². The van der Waals surface area contributed by atoms with Gasteiger partial charge in [-0.25, -0.2) is 9.59 Å². The normalized spacial score (nSPS) is 10.0. The van der Waals surface area contributed by atoms with Gasteiger partial charge in [0.05, 0.1) is 30.7 Å². The Morgan fingerprint density at radius 1 is 1.10 bits per heavy atom. The molecule has 0 aliphatic rings. The predicted molar refractivity (Wildman–Crippen MR) is 107 cm³/mol. The van der Waals surface area contributed by atoms with Gasteiger partial charge >= 0.3 is 11.9 Å². The summed E-state index contributed by atoms with van der Waals surface area (Å²) >= 11 is 6.03. The van der Waals surface area contributed by atoms with Crippen molar-refractivity contribution in [2.75, 3.05) is 25.2 Å². The molecule has 0 saturated heterocycles. The fourth-order valence-corrected chi connectivity index (χ4v) is 2.71. The second-order valence-corrected chi connectivity index (χ2v) is 6.41. The molecule has 0 bridgehead atoms. The summed E-state index contributed by atoms with van der Waals surface area (Å²) < 4.78 is 9.77. The molecule has 0 saturated carbocycles. The van der Waals surface area contributed by atoms with Gasteiger partial charge in [-0.1, -0.05) is 23.7 Å². The first kappa shape index (κ1) is 21.9. The van der Waals surface area contributed by atoms with Crippen molar-refractivity contribution in [1.82, 2.24) is 0 Å².